The molecule has 1 aromatic carbocycles. The number of hydrogen-bond donors (Lipinski definition) is 1. The van der Waals surface area contributed by atoms with Gasteiger partial charge in [0.15, 0.2) is 0 Å². The van der Waals surface area contributed by atoms with Crippen molar-refractivity contribution in [1.82, 2.24) is 9.88 Å². The zero-order valence-electron chi connectivity index (χ0n) is 13.9. The van der Waals surface area contributed by atoms with Crippen LogP contribution in [0.3, 0.4) is 0 Å². The highest BCUT2D eigenvalue weighted by molar-refractivity contribution is 5.68. The summed E-state index contributed by atoms with van der Waals surface area (Å²) in [5.41, 5.74) is 9.66. The number of methoxy groups -OCH3 is 1. The number of aromatic nitrogens is 1. The number of amides is 1. The molecular formula is C19H23N3O2. The maximum Gasteiger partial charge on any atom is 0.409 e. The molecule has 1 aliphatic rings. The Kier molecular flexibility index (Phi) is 5.11. The van der Waals surface area contributed by atoms with Crippen molar-refractivity contribution in [1.29, 1.82) is 0 Å². The van der Waals surface area contributed by atoms with Crippen LogP contribution in [0.4, 0.5) is 4.79 Å². The fourth-order valence-corrected chi connectivity index (χ4v) is 3.35. The maximum absolute atomic E-state index is 12.0. The predicted molar refractivity (Wildman–Crippen MR) is 93.5 cm³/mol. The highest BCUT2D eigenvalue weighted by atomic mass is 16.5. The van der Waals surface area contributed by atoms with E-state index in [9.17, 15) is 4.79 Å². The first-order chi connectivity index (χ1) is 11.7. The van der Waals surface area contributed by atoms with Gasteiger partial charge in [-0.1, -0.05) is 30.3 Å². The van der Waals surface area contributed by atoms with Crippen molar-refractivity contribution in [3.63, 3.8) is 0 Å². The largest absolute Gasteiger partial charge is 0.453 e. The van der Waals surface area contributed by atoms with Gasteiger partial charge < -0.3 is 15.4 Å². The number of carbonyl (C=O) groups is 1. The van der Waals surface area contributed by atoms with Crippen molar-refractivity contribution in [2.24, 2.45) is 5.73 Å². The lowest BCUT2D eigenvalue weighted by molar-refractivity contribution is 0.0820. The molecule has 1 aliphatic heterocycles. The Hall–Kier alpha value is -2.40. The Morgan fingerprint density at radius 2 is 2.17 bits per heavy atom. The van der Waals surface area contributed by atoms with Gasteiger partial charge in [-0.25, -0.2) is 4.79 Å². The van der Waals surface area contributed by atoms with Gasteiger partial charge in [-0.15, -0.1) is 0 Å². The number of piperidine rings is 1. The summed E-state index contributed by atoms with van der Waals surface area (Å²) in [5.74, 6) is 0. The van der Waals surface area contributed by atoms with Crippen LogP contribution in [0.1, 0.15) is 18.4 Å². The highest BCUT2D eigenvalue weighted by Crippen LogP contribution is 2.24. The number of nitrogens with zero attached hydrogens (tertiary/aromatic N) is 2. The van der Waals surface area contributed by atoms with Crippen LogP contribution in [-0.2, 0) is 11.2 Å². The van der Waals surface area contributed by atoms with E-state index in [0.717, 1.165) is 36.0 Å². The molecule has 2 N–H and O–H groups in total. The fraction of sp³-hybridized carbons (Fsp3) is 0.368. The molecule has 0 aliphatic carbocycles. The average molecular weight is 325 g/mol. The first-order valence-electron chi connectivity index (χ1n) is 8.28. The van der Waals surface area contributed by atoms with Gasteiger partial charge in [0.25, 0.3) is 0 Å². The molecule has 0 bridgehead atoms. The molecule has 2 atom stereocenters. The number of rotatable bonds is 3. The van der Waals surface area contributed by atoms with E-state index in [-0.39, 0.29) is 18.2 Å². The normalized spacial score (nSPS) is 20.7. The maximum atomic E-state index is 12.0. The zero-order chi connectivity index (χ0) is 16.9. The van der Waals surface area contributed by atoms with Crippen LogP contribution < -0.4 is 5.73 Å². The SMILES string of the molecule is COC(=O)N1CCCC(N)C1Cc1cccc(-c2cccnc2)c1. The molecule has 3 rings (SSSR count). The molecule has 2 unspecified atom stereocenters. The molecule has 5 heteroatoms. The Balaban J connectivity index is 1.82. The number of carbonyl (C=O) groups excluding carboxylic acids is 1. The summed E-state index contributed by atoms with van der Waals surface area (Å²) >= 11 is 0. The van der Waals surface area contributed by atoms with Crippen molar-refractivity contribution in [3.8, 4) is 11.1 Å². The third-order valence-corrected chi connectivity index (χ3v) is 4.61. The number of nitrogens with two attached hydrogens (primary N) is 1. The third kappa shape index (κ3) is 3.57. The summed E-state index contributed by atoms with van der Waals surface area (Å²) in [6, 6.07) is 12.2. The lowest BCUT2D eigenvalue weighted by atomic mass is 9.91. The summed E-state index contributed by atoms with van der Waals surface area (Å²) < 4.78 is 4.92. The molecule has 1 amide bonds. The minimum absolute atomic E-state index is 0.0279. The van der Waals surface area contributed by atoms with Gasteiger partial charge in [-0.2, -0.15) is 0 Å². The first kappa shape index (κ1) is 16.5. The fourth-order valence-electron chi connectivity index (χ4n) is 3.35. The molecule has 0 saturated carbocycles. The summed E-state index contributed by atoms with van der Waals surface area (Å²) in [4.78, 5) is 18.0. The number of benzene rings is 1. The Morgan fingerprint density at radius 3 is 2.92 bits per heavy atom. The van der Waals surface area contributed by atoms with Crippen LogP contribution in [0.2, 0.25) is 0 Å². The molecular weight excluding hydrogens is 302 g/mol. The lowest BCUT2D eigenvalue weighted by Crippen LogP contribution is -2.55. The van der Waals surface area contributed by atoms with E-state index in [2.05, 4.69) is 23.2 Å². The molecule has 0 spiro atoms. The highest BCUT2D eigenvalue weighted by Gasteiger charge is 2.32. The molecule has 5 nitrogen and oxygen atoms in total. The summed E-state index contributed by atoms with van der Waals surface area (Å²) in [6.45, 7) is 0.702. The predicted octanol–water partition coefficient (Wildman–Crippen LogP) is 2.85. The smallest absolute Gasteiger partial charge is 0.409 e. The second-order valence-corrected chi connectivity index (χ2v) is 6.18. The van der Waals surface area contributed by atoms with E-state index in [1.165, 1.54) is 7.11 Å². The van der Waals surface area contributed by atoms with Crippen LogP contribution in [0.15, 0.2) is 48.8 Å². The molecule has 1 fully saturated rings. The molecule has 1 saturated heterocycles. The molecule has 2 heterocycles. The van der Waals surface area contributed by atoms with Gasteiger partial charge in [0.1, 0.15) is 0 Å². The van der Waals surface area contributed by atoms with Crippen molar-refractivity contribution in [3.05, 3.63) is 54.4 Å². The summed E-state index contributed by atoms with van der Waals surface area (Å²) in [7, 11) is 1.42. The van der Waals surface area contributed by atoms with Crippen molar-refractivity contribution < 1.29 is 9.53 Å². The Labute approximate surface area is 142 Å². The van der Waals surface area contributed by atoms with E-state index in [4.69, 9.17) is 10.5 Å². The van der Waals surface area contributed by atoms with Gasteiger partial charge in [0.05, 0.1) is 13.2 Å². The van der Waals surface area contributed by atoms with Gasteiger partial charge in [-0.3, -0.25) is 4.98 Å². The number of pyridine rings is 1. The van der Waals surface area contributed by atoms with Crippen LogP contribution in [0.5, 0.6) is 0 Å². The number of hydrogen-bond acceptors (Lipinski definition) is 4. The summed E-state index contributed by atoms with van der Waals surface area (Å²) in [6.07, 6.45) is 5.90. The van der Waals surface area contributed by atoms with Crippen LogP contribution >= 0.6 is 0 Å². The third-order valence-electron chi connectivity index (χ3n) is 4.61. The monoisotopic (exact) mass is 325 g/mol. The quantitative estimate of drug-likeness (QED) is 0.942. The van der Waals surface area contributed by atoms with Crippen LogP contribution in [0, 0.1) is 0 Å². The second kappa shape index (κ2) is 7.45. The van der Waals surface area contributed by atoms with Crippen LogP contribution in [0.25, 0.3) is 11.1 Å². The molecule has 24 heavy (non-hydrogen) atoms. The van der Waals surface area contributed by atoms with Gasteiger partial charge in [0.2, 0.25) is 0 Å². The van der Waals surface area contributed by atoms with Gasteiger partial charge >= 0.3 is 6.09 Å². The Morgan fingerprint density at radius 1 is 1.33 bits per heavy atom. The minimum Gasteiger partial charge on any atom is -0.453 e. The molecule has 126 valence electrons. The lowest BCUT2D eigenvalue weighted by Gasteiger charge is -2.39. The number of ether oxygens (including phenoxy) is 1. The first-order valence-corrected chi connectivity index (χ1v) is 8.28. The number of likely N-dealkylation sites (tertiary alicyclic amines) is 1. The standard InChI is InChI=1S/C19H23N3O2/c1-24-19(23)22-10-4-8-17(20)18(22)12-14-5-2-6-15(11-14)16-7-3-9-21-13-16/h2-3,5-7,9,11,13,17-18H,4,8,10,12,20H2,1H3. The van der Waals surface area contributed by atoms with Gasteiger partial charge in [-0.05, 0) is 42.0 Å². The topological polar surface area (TPSA) is 68.5 Å². The van der Waals surface area contributed by atoms with E-state index in [0.29, 0.717) is 6.54 Å². The summed E-state index contributed by atoms with van der Waals surface area (Å²) in [5, 5.41) is 0. The van der Waals surface area contributed by atoms with Crippen molar-refractivity contribution in [2.75, 3.05) is 13.7 Å². The molecule has 2 aromatic rings. The van der Waals surface area contributed by atoms with Crippen LogP contribution in [-0.4, -0.2) is 41.7 Å². The van der Waals surface area contributed by atoms with Gasteiger partial charge in [0, 0.05) is 25.0 Å². The Bertz CT molecular complexity index is 690. The molecule has 0 radical (unpaired) electrons. The van der Waals surface area contributed by atoms with E-state index >= 15 is 0 Å². The van der Waals surface area contributed by atoms with Crippen molar-refractivity contribution >= 4 is 6.09 Å². The minimum atomic E-state index is -0.293. The van der Waals surface area contributed by atoms with E-state index in [1.807, 2.05) is 24.4 Å². The zero-order valence-corrected chi connectivity index (χ0v) is 13.9. The molecule has 1 aromatic heterocycles. The van der Waals surface area contributed by atoms with E-state index < -0.39 is 0 Å². The van der Waals surface area contributed by atoms with E-state index in [1.54, 1.807) is 11.1 Å². The average Bonchev–Trinajstić information content (AvgIpc) is 2.64. The second-order valence-electron chi connectivity index (χ2n) is 6.18. The van der Waals surface area contributed by atoms with Crippen molar-refractivity contribution in [2.45, 2.75) is 31.3 Å².